The number of halogens is 3. The number of hydrogen-bond acceptors (Lipinski definition) is 2. The summed E-state index contributed by atoms with van der Waals surface area (Å²) in [6.45, 7) is 1.75. The van der Waals surface area contributed by atoms with Gasteiger partial charge in [-0.2, -0.15) is 0 Å². The van der Waals surface area contributed by atoms with Crippen molar-refractivity contribution in [3.05, 3.63) is 57.8 Å². The Morgan fingerprint density at radius 3 is 2.58 bits per heavy atom. The molecule has 0 aliphatic rings. The molecule has 0 aliphatic carbocycles. The van der Waals surface area contributed by atoms with Gasteiger partial charge < -0.3 is 10.5 Å². The molecule has 0 saturated carbocycles. The topological polar surface area (TPSA) is 35.2 Å². The van der Waals surface area contributed by atoms with E-state index in [2.05, 4.69) is 0 Å². The maximum absolute atomic E-state index is 13.2. The van der Waals surface area contributed by atoms with Gasteiger partial charge in [-0.25, -0.2) is 4.39 Å². The largest absolute Gasteiger partial charge is 0.455 e. The number of benzene rings is 2. The molecule has 0 radical (unpaired) electrons. The molecule has 5 heteroatoms. The SMILES string of the molecule is C[C@H](N)c1cc(F)ccc1Oc1cccc(Cl)c1Cl. The van der Waals surface area contributed by atoms with Gasteiger partial charge in [-0.1, -0.05) is 29.3 Å². The quantitative estimate of drug-likeness (QED) is 0.871. The van der Waals surface area contributed by atoms with Gasteiger partial charge in [0, 0.05) is 11.6 Å². The summed E-state index contributed by atoms with van der Waals surface area (Å²) >= 11 is 12.0. The van der Waals surface area contributed by atoms with Crippen LogP contribution in [0.15, 0.2) is 36.4 Å². The molecule has 1 atom stereocenters. The van der Waals surface area contributed by atoms with Gasteiger partial charge >= 0.3 is 0 Å². The van der Waals surface area contributed by atoms with Crippen molar-refractivity contribution in [3.8, 4) is 11.5 Å². The highest BCUT2D eigenvalue weighted by molar-refractivity contribution is 6.42. The van der Waals surface area contributed by atoms with Crippen LogP contribution in [0.1, 0.15) is 18.5 Å². The van der Waals surface area contributed by atoms with Crippen molar-refractivity contribution in [2.75, 3.05) is 0 Å². The summed E-state index contributed by atoms with van der Waals surface area (Å²) in [6.07, 6.45) is 0. The molecule has 0 aliphatic heterocycles. The van der Waals surface area contributed by atoms with Gasteiger partial charge in [0.1, 0.15) is 22.3 Å². The molecule has 0 aromatic heterocycles. The molecule has 2 rings (SSSR count). The van der Waals surface area contributed by atoms with Crippen LogP contribution in [0.2, 0.25) is 10.0 Å². The first kappa shape index (κ1) is 14.1. The number of ether oxygens (including phenoxy) is 1. The molecule has 100 valence electrons. The lowest BCUT2D eigenvalue weighted by molar-refractivity contribution is 0.469. The zero-order chi connectivity index (χ0) is 14.0. The van der Waals surface area contributed by atoms with Crippen molar-refractivity contribution in [2.24, 2.45) is 5.73 Å². The summed E-state index contributed by atoms with van der Waals surface area (Å²) in [7, 11) is 0. The van der Waals surface area contributed by atoms with E-state index >= 15 is 0 Å². The second-order valence-electron chi connectivity index (χ2n) is 4.12. The fraction of sp³-hybridized carbons (Fsp3) is 0.143. The van der Waals surface area contributed by atoms with Crippen LogP contribution >= 0.6 is 23.2 Å². The summed E-state index contributed by atoms with van der Waals surface area (Å²) in [6, 6.07) is 8.88. The molecule has 2 N–H and O–H groups in total. The van der Waals surface area contributed by atoms with Gasteiger partial charge in [0.2, 0.25) is 0 Å². The van der Waals surface area contributed by atoms with E-state index in [4.69, 9.17) is 33.7 Å². The van der Waals surface area contributed by atoms with Crippen LogP contribution < -0.4 is 10.5 Å². The number of rotatable bonds is 3. The zero-order valence-corrected chi connectivity index (χ0v) is 11.7. The second-order valence-corrected chi connectivity index (χ2v) is 4.91. The third-order valence-electron chi connectivity index (χ3n) is 2.60. The van der Waals surface area contributed by atoms with Crippen molar-refractivity contribution in [3.63, 3.8) is 0 Å². The lowest BCUT2D eigenvalue weighted by atomic mass is 10.1. The summed E-state index contributed by atoms with van der Waals surface area (Å²) < 4.78 is 18.9. The fourth-order valence-electron chi connectivity index (χ4n) is 1.65. The van der Waals surface area contributed by atoms with E-state index in [0.29, 0.717) is 27.1 Å². The monoisotopic (exact) mass is 299 g/mol. The zero-order valence-electron chi connectivity index (χ0n) is 10.2. The highest BCUT2D eigenvalue weighted by atomic mass is 35.5. The second kappa shape index (κ2) is 5.78. The fourth-order valence-corrected chi connectivity index (χ4v) is 1.98. The molecule has 2 aromatic carbocycles. The van der Waals surface area contributed by atoms with Gasteiger partial charge in [0.15, 0.2) is 0 Å². The summed E-state index contributed by atoms with van der Waals surface area (Å²) in [5.74, 6) is 0.500. The normalized spacial score (nSPS) is 12.3. The third-order valence-corrected chi connectivity index (χ3v) is 3.40. The van der Waals surface area contributed by atoms with Crippen LogP contribution in [0.3, 0.4) is 0 Å². The predicted octanol–water partition coefficient (Wildman–Crippen LogP) is 4.94. The molecule has 0 heterocycles. The Kier molecular flexibility index (Phi) is 4.30. The Balaban J connectivity index is 2.41. The third kappa shape index (κ3) is 3.18. The molecular formula is C14H12Cl2FNO. The molecule has 0 spiro atoms. The van der Waals surface area contributed by atoms with Crippen LogP contribution in [0.25, 0.3) is 0 Å². The maximum atomic E-state index is 13.2. The van der Waals surface area contributed by atoms with E-state index in [1.165, 1.54) is 18.2 Å². The average Bonchev–Trinajstić information content (AvgIpc) is 2.36. The first-order chi connectivity index (χ1) is 8.99. The Bertz CT molecular complexity index is 602. The van der Waals surface area contributed by atoms with E-state index in [1.807, 2.05) is 0 Å². The maximum Gasteiger partial charge on any atom is 0.147 e. The average molecular weight is 300 g/mol. The minimum atomic E-state index is -0.364. The van der Waals surface area contributed by atoms with Gasteiger partial charge in [-0.3, -0.25) is 0 Å². The van der Waals surface area contributed by atoms with Gasteiger partial charge in [0.05, 0.1) is 5.02 Å². The van der Waals surface area contributed by atoms with Gasteiger partial charge in [0.25, 0.3) is 0 Å². The lowest BCUT2D eigenvalue weighted by Gasteiger charge is -2.15. The van der Waals surface area contributed by atoms with Crippen LogP contribution in [0, 0.1) is 5.82 Å². The Morgan fingerprint density at radius 1 is 1.16 bits per heavy atom. The summed E-state index contributed by atoms with van der Waals surface area (Å²) in [4.78, 5) is 0. The van der Waals surface area contributed by atoms with E-state index in [1.54, 1.807) is 25.1 Å². The highest BCUT2D eigenvalue weighted by Crippen LogP contribution is 2.36. The van der Waals surface area contributed by atoms with E-state index < -0.39 is 0 Å². The van der Waals surface area contributed by atoms with Gasteiger partial charge in [-0.05, 0) is 37.3 Å². The molecular weight excluding hydrogens is 288 g/mol. The molecule has 2 aromatic rings. The number of nitrogens with two attached hydrogens (primary N) is 1. The predicted molar refractivity (Wildman–Crippen MR) is 75.5 cm³/mol. The summed E-state index contributed by atoms with van der Waals surface area (Å²) in [5.41, 5.74) is 6.37. The minimum Gasteiger partial charge on any atom is -0.455 e. The molecule has 19 heavy (non-hydrogen) atoms. The van der Waals surface area contributed by atoms with Crippen LogP contribution in [-0.4, -0.2) is 0 Å². The van der Waals surface area contributed by atoms with E-state index in [0.717, 1.165) is 0 Å². The van der Waals surface area contributed by atoms with E-state index in [-0.39, 0.29) is 11.9 Å². The van der Waals surface area contributed by atoms with Crippen molar-refractivity contribution in [1.29, 1.82) is 0 Å². The standard InChI is InChI=1S/C14H12Cl2FNO/c1-8(18)10-7-9(17)5-6-12(10)19-13-4-2-3-11(15)14(13)16/h2-8H,18H2,1H3/t8-/m0/s1. The Hall–Kier alpha value is -1.29. The molecule has 2 nitrogen and oxygen atoms in total. The van der Waals surface area contributed by atoms with E-state index in [9.17, 15) is 4.39 Å². The van der Waals surface area contributed by atoms with Crippen LogP contribution in [0.5, 0.6) is 11.5 Å². The van der Waals surface area contributed by atoms with Crippen molar-refractivity contribution in [1.82, 2.24) is 0 Å². The first-order valence-corrected chi connectivity index (χ1v) is 6.41. The molecule has 0 amide bonds. The molecule has 0 bridgehead atoms. The molecule has 0 saturated heterocycles. The van der Waals surface area contributed by atoms with Crippen molar-refractivity contribution >= 4 is 23.2 Å². The first-order valence-electron chi connectivity index (χ1n) is 5.66. The van der Waals surface area contributed by atoms with Crippen LogP contribution in [0.4, 0.5) is 4.39 Å². The van der Waals surface area contributed by atoms with Crippen molar-refractivity contribution in [2.45, 2.75) is 13.0 Å². The lowest BCUT2D eigenvalue weighted by Crippen LogP contribution is -2.07. The van der Waals surface area contributed by atoms with Crippen LogP contribution in [-0.2, 0) is 0 Å². The molecule has 0 unspecified atom stereocenters. The Morgan fingerprint density at radius 2 is 1.89 bits per heavy atom. The molecule has 0 fully saturated rings. The Labute approximate surface area is 120 Å². The van der Waals surface area contributed by atoms with Gasteiger partial charge in [-0.15, -0.1) is 0 Å². The highest BCUT2D eigenvalue weighted by Gasteiger charge is 2.13. The minimum absolute atomic E-state index is 0.309. The van der Waals surface area contributed by atoms with Crippen molar-refractivity contribution < 1.29 is 9.13 Å². The number of hydrogen-bond donors (Lipinski definition) is 1. The summed E-state index contributed by atoms with van der Waals surface area (Å²) in [5, 5.41) is 0.702. The smallest absolute Gasteiger partial charge is 0.147 e.